The summed E-state index contributed by atoms with van der Waals surface area (Å²) in [6.45, 7) is 5.53. The highest BCUT2D eigenvalue weighted by atomic mass is 16.5. The zero-order chi connectivity index (χ0) is 13.2. The second-order valence-electron chi connectivity index (χ2n) is 4.97. The van der Waals surface area contributed by atoms with Gasteiger partial charge in [0.15, 0.2) is 5.82 Å². The number of hydrogen-bond donors (Lipinski definition) is 0. The van der Waals surface area contributed by atoms with Crippen LogP contribution in [0.4, 0.5) is 0 Å². The van der Waals surface area contributed by atoms with Gasteiger partial charge in [-0.25, -0.2) is 9.97 Å². The van der Waals surface area contributed by atoms with Crippen molar-refractivity contribution in [1.29, 1.82) is 0 Å². The second kappa shape index (κ2) is 5.05. The van der Waals surface area contributed by atoms with Gasteiger partial charge in [0.1, 0.15) is 11.5 Å². The van der Waals surface area contributed by atoms with Gasteiger partial charge in [-0.1, -0.05) is 19.0 Å². The summed E-state index contributed by atoms with van der Waals surface area (Å²) < 4.78 is 10.6. The molecule has 6 nitrogen and oxygen atoms in total. The lowest BCUT2D eigenvalue weighted by atomic mass is 10.1. The fourth-order valence-electron chi connectivity index (χ4n) is 2.01. The van der Waals surface area contributed by atoms with E-state index in [0.717, 1.165) is 18.9 Å². The van der Waals surface area contributed by atoms with Crippen molar-refractivity contribution >= 4 is 0 Å². The van der Waals surface area contributed by atoms with Gasteiger partial charge in [0.25, 0.3) is 5.89 Å². The van der Waals surface area contributed by atoms with E-state index in [2.05, 4.69) is 20.1 Å². The molecule has 0 N–H and O–H groups in total. The molecule has 3 rings (SSSR count). The van der Waals surface area contributed by atoms with E-state index in [1.807, 2.05) is 13.8 Å². The Morgan fingerprint density at radius 2 is 2.21 bits per heavy atom. The second-order valence-corrected chi connectivity index (χ2v) is 4.97. The van der Waals surface area contributed by atoms with Gasteiger partial charge in [0.2, 0.25) is 0 Å². The van der Waals surface area contributed by atoms with E-state index in [9.17, 15) is 0 Å². The van der Waals surface area contributed by atoms with Crippen molar-refractivity contribution in [3.8, 4) is 11.6 Å². The number of rotatable bonds is 3. The van der Waals surface area contributed by atoms with Crippen LogP contribution in [0.15, 0.2) is 16.8 Å². The van der Waals surface area contributed by atoms with Gasteiger partial charge in [0.05, 0.1) is 6.61 Å². The maximum atomic E-state index is 5.33. The van der Waals surface area contributed by atoms with Gasteiger partial charge in [0, 0.05) is 24.6 Å². The molecular weight excluding hydrogens is 244 g/mol. The summed E-state index contributed by atoms with van der Waals surface area (Å²) in [5.74, 6) is 2.44. The van der Waals surface area contributed by atoms with E-state index < -0.39 is 0 Å². The summed E-state index contributed by atoms with van der Waals surface area (Å²) in [5, 5.41) is 4.02. The van der Waals surface area contributed by atoms with Crippen LogP contribution >= 0.6 is 0 Å². The molecule has 2 aromatic heterocycles. The smallest absolute Gasteiger partial charge is 0.276 e. The maximum Gasteiger partial charge on any atom is 0.276 e. The Morgan fingerprint density at radius 3 is 2.95 bits per heavy atom. The fourth-order valence-corrected chi connectivity index (χ4v) is 2.01. The molecule has 0 bridgehead atoms. The average Bonchev–Trinajstić information content (AvgIpc) is 3.09. The van der Waals surface area contributed by atoms with Crippen molar-refractivity contribution in [2.75, 3.05) is 13.2 Å². The Labute approximate surface area is 111 Å². The minimum Gasteiger partial charge on any atom is -0.381 e. The summed E-state index contributed by atoms with van der Waals surface area (Å²) >= 11 is 0. The highest BCUT2D eigenvalue weighted by Gasteiger charge is 2.23. The van der Waals surface area contributed by atoms with E-state index in [1.165, 1.54) is 0 Å². The highest BCUT2D eigenvalue weighted by Crippen LogP contribution is 2.25. The van der Waals surface area contributed by atoms with E-state index in [0.29, 0.717) is 24.0 Å². The Morgan fingerprint density at radius 1 is 1.32 bits per heavy atom. The average molecular weight is 260 g/mol. The minimum atomic E-state index is 0.240. The molecule has 1 saturated heterocycles. The van der Waals surface area contributed by atoms with Crippen LogP contribution in [0.25, 0.3) is 11.6 Å². The molecule has 0 saturated carbocycles. The molecule has 1 fully saturated rings. The van der Waals surface area contributed by atoms with E-state index in [1.54, 1.807) is 12.3 Å². The van der Waals surface area contributed by atoms with Gasteiger partial charge in [-0.05, 0) is 12.5 Å². The molecule has 1 aliphatic heterocycles. The Kier molecular flexibility index (Phi) is 3.25. The highest BCUT2D eigenvalue weighted by molar-refractivity contribution is 5.45. The molecule has 0 unspecified atom stereocenters. The lowest BCUT2D eigenvalue weighted by molar-refractivity contribution is 0.192. The van der Waals surface area contributed by atoms with Crippen LogP contribution in [0.3, 0.4) is 0 Å². The molecule has 0 aromatic carbocycles. The van der Waals surface area contributed by atoms with Gasteiger partial charge >= 0.3 is 0 Å². The van der Waals surface area contributed by atoms with Gasteiger partial charge in [-0.3, -0.25) is 0 Å². The first kappa shape index (κ1) is 12.2. The topological polar surface area (TPSA) is 73.9 Å². The predicted octanol–water partition coefficient (Wildman–Crippen LogP) is 2.15. The Bertz CT molecular complexity index is 561. The summed E-state index contributed by atoms with van der Waals surface area (Å²) in [4.78, 5) is 13.1. The van der Waals surface area contributed by atoms with Crippen molar-refractivity contribution in [2.45, 2.75) is 32.1 Å². The van der Waals surface area contributed by atoms with Gasteiger partial charge in [-0.2, -0.15) is 4.98 Å². The zero-order valence-corrected chi connectivity index (χ0v) is 11.0. The quantitative estimate of drug-likeness (QED) is 0.841. The summed E-state index contributed by atoms with van der Waals surface area (Å²) in [6, 6.07) is 1.79. The van der Waals surface area contributed by atoms with Crippen LogP contribution < -0.4 is 0 Å². The number of ether oxygens (including phenoxy) is 1. The molecule has 0 radical (unpaired) electrons. The van der Waals surface area contributed by atoms with Gasteiger partial charge in [-0.15, -0.1) is 0 Å². The van der Waals surface area contributed by atoms with Crippen molar-refractivity contribution in [3.63, 3.8) is 0 Å². The van der Waals surface area contributed by atoms with Crippen molar-refractivity contribution < 1.29 is 9.26 Å². The van der Waals surface area contributed by atoms with Crippen LogP contribution in [0.2, 0.25) is 0 Å². The van der Waals surface area contributed by atoms with Crippen molar-refractivity contribution in [1.82, 2.24) is 20.1 Å². The van der Waals surface area contributed by atoms with Crippen LogP contribution in [-0.2, 0) is 4.74 Å². The zero-order valence-electron chi connectivity index (χ0n) is 11.0. The monoisotopic (exact) mass is 260 g/mol. The van der Waals surface area contributed by atoms with E-state index in [4.69, 9.17) is 9.26 Å². The lowest BCUT2D eigenvalue weighted by Crippen LogP contribution is -2.00. The molecule has 1 atom stereocenters. The standard InChI is InChI=1S/C13H16N4O2/c1-8(2)11-14-5-3-10(15-11)13-16-12(17-19-13)9-4-6-18-7-9/h3,5,8-9H,4,6-7H2,1-2H3/t9-/m1/s1. The Hall–Kier alpha value is -1.82. The lowest BCUT2D eigenvalue weighted by Gasteiger charge is -2.02. The maximum absolute atomic E-state index is 5.33. The third kappa shape index (κ3) is 2.49. The van der Waals surface area contributed by atoms with Gasteiger partial charge < -0.3 is 9.26 Å². The third-order valence-electron chi connectivity index (χ3n) is 3.15. The largest absolute Gasteiger partial charge is 0.381 e. The summed E-state index contributed by atoms with van der Waals surface area (Å²) in [5.41, 5.74) is 0.677. The minimum absolute atomic E-state index is 0.240. The van der Waals surface area contributed by atoms with Crippen molar-refractivity contribution in [2.24, 2.45) is 0 Å². The first-order valence-corrected chi connectivity index (χ1v) is 6.48. The summed E-state index contributed by atoms with van der Waals surface area (Å²) in [6.07, 6.45) is 2.67. The fraction of sp³-hybridized carbons (Fsp3) is 0.538. The van der Waals surface area contributed by atoms with Crippen LogP contribution in [-0.4, -0.2) is 33.3 Å². The Balaban J connectivity index is 1.87. The molecule has 19 heavy (non-hydrogen) atoms. The number of aromatic nitrogens is 4. The molecule has 100 valence electrons. The molecule has 2 aromatic rings. The SMILES string of the molecule is CC(C)c1nccc(-c2nc([C@@H]3CCOC3)no2)n1. The van der Waals surface area contributed by atoms with Crippen LogP contribution in [0.5, 0.6) is 0 Å². The van der Waals surface area contributed by atoms with E-state index in [-0.39, 0.29) is 11.8 Å². The molecule has 1 aliphatic rings. The first-order chi connectivity index (χ1) is 9.24. The predicted molar refractivity (Wildman–Crippen MR) is 67.6 cm³/mol. The molecular formula is C13H16N4O2. The molecule has 6 heteroatoms. The van der Waals surface area contributed by atoms with E-state index >= 15 is 0 Å². The molecule has 0 aliphatic carbocycles. The third-order valence-corrected chi connectivity index (χ3v) is 3.15. The summed E-state index contributed by atoms with van der Waals surface area (Å²) in [7, 11) is 0. The normalized spacial score (nSPS) is 19.2. The van der Waals surface area contributed by atoms with Crippen molar-refractivity contribution in [3.05, 3.63) is 23.9 Å². The number of nitrogens with zero attached hydrogens (tertiary/aromatic N) is 4. The first-order valence-electron chi connectivity index (χ1n) is 6.48. The van der Waals surface area contributed by atoms with Crippen LogP contribution in [0, 0.1) is 0 Å². The molecule has 0 amide bonds. The molecule has 3 heterocycles. The molecule has 0 spiro atoms. The van der Waals surface area contributed by atoms with Crippen LogP contribution in [0.1, 0.15) is 43.8 Å². The number of hydrogen-bond acceptors (Lipinski definition) is 6.